The van der Waals surface area contributed by atoms with Gasteiger partial charge in [-0.1, -0.05) is 5.92 Å². The van der Waals surface area contributed by atoms with Crippen LogP contribution in [0.2, 0.25) is 0 Å². The predicted molar refractivity (Wildman–Crippen MR) is 52.5 cm³/mol. The second-order valence-electron chi connectivity index (χ2n) is 2.66. The van der Waals surface area contributed by atoms with Gasteiger partial charge in [0.1, 0.15) is 6.61 Å². The van der Waals surface area contributed by atoms with Crippen molar-refractivity contribution in [3.63, 3.8) is 0 Å². The van der Waals surface area contributed by atoms with Crippen molar-refractivity contribution in [3.8, 4) is 11.8 Å². The van der Waals surface area contributed by atoms with E-state index in [0.717, 1.165) is 6.42 Å². The number of aliphatic hydroxyl groups excluding tert-OH is 1. The van der Waals surface area contributed by atoms with Gasteiger partial charge in [-0.05, 0) is 6.42 Å². The van der Waals surface area contributed by atoms with E-state index < -0.39 is 5.97 Å². The Morgan fingerprint density at radius 2 is 1.64 bits per heavy atom. The van der Waals surface area contributed by atoms with Crippen molar-refractivity contribution in [2.75, 3.05) is 27.9 Å². The molecule has 1 N–H and O–H groups in total. The van der Waals surface area contributed by atoms with E-state index in [1.165, 1.54) is 21.3 Å². The molecule has 0 heterocycles. The van der Waals surface area contributed by atoms with Gasteiger partial charge in [-0.3, -0.25) is 0 Å². The molecule has 0 atom stereocenters. The van der Waals surface area contributed by atoms with E-state index >= 15 is 0 Å². The number of unbranched alkanes of at least 4 members (excludes halogenated alkanes) is 1. The first-order chi connectivity index (χ1) is 6.74. The van der Waals surface area contributed by atoms with Gasteiger partial charge in [0.2, 0.25) is 0 Å². The maximum Gasteiger partial charge on any atom is 0.282 e. The van der Waals surface area contributed by atoms with Gasteiger partial charge < -0.3 is 19.3 Å². The zero-order chi connectivity index (χ0) is 10.9. The summed E-state index contributed by atoms with van der Waals surface area (Å²) in [6.45, 7) is -0.0933. The molecule has 0 unspecified atom stereocenters. The minimum absolute atomic E-state index is 0.0933. The molecule has 4 heteroatoms. The molecule has 0 aliphatic rings. The highest BCUT2D eigenvalue weighted by molar-refractivity contribution is 4.98. The number of aliphatic hydroxyl groups is 1. The molecule has 0 aromatic heterocycles. The van der Waals surface area contributed by atoms with Gasteiger partial charge in [0.25, 0.3) is 5.97 Å². The van der Waals surface area contributed by atoms with E-state index in [2.05, 4.69) is 11.8 Å². The highest BCUT2D eigenvalue weighted by Crippen LogP contribution is 2.19. The van der Waals surface area contributed by atoms with Crippen molar-refractivity contribution in [2.45, 2.75) is 25.2 Å². The Morgan fingerprint density at radius 1 is 1.07 bits per heavy atom. The summed E-state index contributed by atoms with van der Waals surface area (Å²) < 4.78 is 15.3. The van der Waals surface area contributed by atoms with Crippen molar-refractivity contribution in [1.82, 2.24) is 0 Å². The lowest BCUT2D eigenvalue weighted by molar-refractivity contribution is -0.355. The van der Waals surface area contributed by atoms with Crippen molar-refractivity contribution < 1.29 is 19.3 Å². The van der Waals surface area contributed by atoms with Gasteiger partial charge >= 0.3 is 0 Å². The zero-order valence-corrected chi connectivity index (χ0v) is 9.00. The fourth-order valence-electron chi connectivity index (χ4n) is 1.09. The maximum absolute atomic E-state index is 8.42. The second kappa shape index (κ2) is 7.77. The fourth-order valence-corrected chi connectivity index (χ4v) is 1.09. The highest BCUT2D eigenvalue weighted by atomic mass is 16.9. The van der Waals surface area contributed by atoms with Crippen molar-refractivity contribution >= 4 is 0 Å². The summed E-state index contributed by atoms with van der Waals surface area (Å²) in [4.78, 5) is 0. The highest BCUT2D eigenvalue weighted by Gasteiger charge is 2.28. The van der Waals surface area contributed by atoms with Crippen LogP contribution < -0.4 is 0 Å². The van der Waals surface area contributed by atoms with E-state index in [4.69, 9.17) is 19.3 Å². The van der Waals surface area contributed by atoms with Gasteiger partial charge in [-0.2, -0.15) is 0 Å². The molecular formula is C10H18O4. The molecule has 0 bridgehead atoms. The molecule has 0 aliphatic heterocycles. The Morgan fingerprint density at radius 3 is 2.07 bits per heavy atom. The monoisotopic (exact) mass is 202 g/mol. The van der Waals surface area contributed by atoms with Gasteiger partial charge in [0.15, 0.2) is 0 Å². The molecule has 4 nitrogen and oxygen atoms in total. The summed E-state index contributed by atoms with van der Waals surface area (Å²) >= 11 is 0. The van der Waals surface area contributed by atoms with Crippen LogP contribution >= 0.6 is 0 Å². The zero-order valence-electron chi connectivity index (χ0n) is 9.00. The van der Waals surface area contributed by atoms with Crippen molar-refractivity contribution in [3.05, 3.63) is 0 Å². The summed E-state index contributed by atoms with van der Waals surface area (Å²) in [7, 11) is 4.60. The number of hydrogen-bond donors (Lipinski definition) is 1. The molecule has 0 saturated carbocycles. The van der Waals surface area contributed by atoms with Crippen LogP contribution in [-0.4, -0.2) is 39.0 Å². The third-order valence-corrected chi connectivity index (χ3v) is 1.92. The van der Waals surface area contributed by atoms with Gasteiger partial charge in [-0.15, -0.1) is 5.92 Å². The van der Waals surface area contributed by atoms with Crippen LogP contribution in [0.4, 0.5) is 0 Å². The lowest BCUT2D eigenvalue weighted by Gasteiger charge is -2.28. The van der Waals surface area contributed by atoms with E-state index in [9.17, 15) is 0 Å². The minimum Gasteiger partial charge on any atom is -0.384 e. The molecule has 0 aliphatic carbocycles. The Bertz CT molecular complexity index is 180. The summed E-state index contributed by atoms with van der Waals surface area (Å²) in [5.41, 5.74) is 0. The van der Waals surface area contributed by atoms with Crippen LogP contribution in [0.25, 0.3) is 0 Å². The summed E-state index contributed by atoms with van der Waals surface area (Å²) in [6.07, 6.45) is 2.09. The smallest absolute Gasteiger partial charge is 0.282 e. The summed E-state index contributed by atoms with van der Waals surface area (Å²) in [5, 5.41) is 8.42. The van der Waals surface area contributed by atoms with Crippen LogP contribution in [0.5, 0.6) is 0 Å². The van der Waals surface area contributed by atoms with E-state index in [0.29, 0.717) is 12.8 Å². The molecule has 0 radical (unpaired) electrons. The van der Waals surface area contributed by atoms with Crippen molar-refractivity contribution in [2.24, 2.45) is 0 Å². The van der Waals surface area contributed by atoms with Crippen LogP contribution in [-0.2, 0) is 14.2 Å². The second-order valence-corrected chi connectivity index (χ2v) is 2.66. The SMILES string of the molecule is COC(CCCC#CCO)(OC)OC. The molecule has 0 amide bonds. The Kier molecular flexibility index (Phi) is 7.44. The molecule has 0 aromatic carbocycles. The number of rotatable bonds is 6. The molecule has 0 spiro atoms. The molecule has 0 fully saturated rings. The topological polar surface area (TPSA) is 47.9 Å². The number of methoxy groups -OCH3 is 3. The van der Waals surface area contributed by atoms with Gasteiger partial charge in [-0.25, -0.2) is 0 Å². The predicted octanol–water partition coefficient (Wildman–Crippen LogP) is 0.745. The van der Waals surface area contributed by atoms with E-state index in [1.54, 1.807) is 0 Å². The van der Waals surface area contributed by atoms with Crippen LogP contribution in [0, 0.1) is 11.8 Å². The van der Waals surface area contributed by atoms with Crippen LogP contribution in [0.15, 0.2) is 0 Å². The molecule has 82 valence electrons. The molecule has 0 rings (SSSR count). The average Bonchev–Trinajstić information content (AvgIpc) is 2.24. The lowest BCUT2D eigenvalue weighted by atomic mass is 10.2. The Labute approximate surface area is 85.2 Å². The molecule has 0 aromatic rings. The minimum atomic E-state index is -0.957. The number of ether oxygens (including phenoxy) is 3. The first-order valence-electron chi connectivity index (χ1n) is 4.46. The standard InChI is InChI=1S/C10H18O4/c1-12-10(13-2,14-3)8-6-4-5-7-9-11/h11H,4,6,8-9H2,1-3H3. The third-order valence-electron chi connectivity index (χ3n) is 1.92. The van der Waals surface area contributed by atoms with E-state index in [-0.39, 0.29) is 6.61 Å². The summed E-state index contributed by atoms with van der Waals surface area (Å²) in [6, 6.07) is 0. The lowest BCUT2D eigenvalue weighted by Crippen LogP contribution is -2.35. The summed E-state index contributed by atoms with van der Waals surface area (Å²) in [5.74, 6) is 4.43. The average molecular weight is 202 g/mol. The largest absolute Gasteiger partial charge is 0.384 e. The quantitative estimate of drug-likeness (QED) is 0.392. The Balaban J connectivity index is 3.82. The van der Waals surface area contributed by atoms with Gasteiger partial charge in [0.05, 0.1) is 0 Å². The van der Waals surface area contributed by atoms with Crippen molar-refractivity contribution in [1.29, 1.82) is 0 Å². The maximum atomic E-state index is 8.42. The molecule has 14 heavy (non-hydrogen) atoms. The van der Waals surface area contributed by atoms with Crippen LogP contribution in [0.1, 0.15) is 19.3 Å². The Hall–Kier alpha value is -0.600. The number of hydrogen-bond acceptors (Lipinski definition) is 4. The van der Waals surface area contributed by atoms with E-state index in [1.807, 2.05) is 0 Å². The molecule has 0 saturated heterocycles. The third kappa shape index (κ3) is 4.58. The fraction of sp³-hybridized carbons (Fsp3) is 0.800. The normalized spacial score (nSPS) is 10.9. The van der Waals surface area contributed by atoms with Crippen LogP contribution in [0.3, 0.4) is 0 Å². The molecular weight excluding hydrogens is 184 g/mol. The van der Waals surface area contributed by atoms with Gasteiger partial charge in [0, 0.05) is 34.2 Å². The first kappa shape index (κ1) is 13.4. The first-order valence-corrected chi connectivity index (χ1v) is 4.46.